The van der Waals surface area contributed by atoms with Crippen LogP contribution in [0, 0.1) is 0 Å². The maximum absolute atomic E-state index is 9.70. The summed E-state index contributed by atoms with van der Waals surface area (Å²) in [6.07, 6.45) is -0.449. The van der Waals surface area contributed by atoms with Gasteiger partial charge >= 0.3 is 0 Å². The predicted molar refractivity (Wildman–Crippen MR) is 81.9 cm³/mol. The molecule has 3 aromatic rings. The summed E-state index contributed by atoms with van der Waals surface area (Å²) in [5.74, 6) is 0. The van der Waals surface area contributed by atoms with Crippen LogP contribution in [0.4, 0.5) is 0 Å². The molecule has 0 radical (unpaired) electrons. The van der Waals surface area contributed by atoms with Gasteiger partial charge < -0.3 is 14.8 Å². The number of rotatable bonds is 4. The fourth-order valence-corrected chi connectivity index (χ4v) is 3.50. The van der Waals surface area contributed by atoms with E-state index >= 15 is 0 Å². The van der Waals surface area contributed by atoms with E-state index < -0.39 is 6.10 Å². The predicted octanol–water partition coefficient (Wildman–Crippen LogP) is 3.30. The van der Waals surface area contributed by atoms with Crippen molar-refractivity contribution in [2.75, 3.05) is 0 Å². The van der Waals surface area contributed by atoms with Crippen molar-refractivity contribution in [3.63, 3.8) is 0 Å². The van der Waals surface area contributed by atoms with Crippen LogP contribution >= 0.6 is 11.3 Å². The third-order valence-electron chi connectivity index (χ3n) is 3.43. The largest absolute Gasteiger partial charge is 0.390 e. The van der Waals surface area contributed by atoms with E-state index in [0.29, 0.717) is 0 Å². The molecule has 0 saturated carbocycles. The average Bonchev–Trinajstić information content (AvgIpc) is 2.99. The first-order chi connectivity index (χ1) is 9.69. The monoisotopic (exact) mass is 287 g/mol. The number of aliphatic hydroxyl groups excluding tert-OH is 2. The van der Waals surface area contributed by atoms with Crippen LogP contribution in [-0.2, 0) is 13.2 Å². The summed E-state index contributed by atoms with van der Waals surface area (Å²) in [6.45, 7) is 2.54. The van der Waals surface area contributed by atoms with E-state index in [9.17, 15) is 10.2 Å². The van der Waals surface area contributed by atoms with Crippen molar-refractivity contribution in [2.45, 2.75) is 26.2 Å². The molecule has 4 heteroatoms. The fourth-order valence-electron chi connectivity index (χ4n) is 2.39. The second-order valence-electron chi connectivity index (χ2n) is 4.95. The molecule has 0 bridgehead atoms. The highest BCUT2D eigenvalue weighted by Crippen LogP contribution is 2.33. The Morgan fingerprint density at radius 2 is 1.95 bits per heavy atom. The molecule has 0 aliphatic heterocycles. The van der Waals surface area contributed by atoms with Gasteiger partial charge in [-0.2, -0.15) is 0 Å². The molecule has 1 atom stereocenters. The van der Waals surface area contributed by atoms with Crippen molar-refractivity contribution in [1.29, 1.82) is 0 Å². The molecule has 0 fully saturated rings. The summed E-state index contributed by atoms with van der Waals surface area (Å²) >= 11 is 1.59. The van der Waals surface area contributed by atoms with Crippen molar-refractivity contribution >= 4 is 21.6 Å². The van der Waals surface area contributed by atoms with Crippen LogP contribution in [0.2, 0.25) is 0 Å². The highest BCUT2D eigenvalue weighted by atomic mass is 32.1. The van der Waals surface area contributed by atoms with E-state index in [1.165, 1.54) is 5.56 Å². The Hall–Kier alpha value is -1.62. The molecule has 2 N–H and O–H groups in total. The Labute approximate surface area is 121 Å². The molecule has 0 saturated heterocycles. The molecule has 104 valence electrons. The minimum atomic E-state index is -0.449. The first-order valence-corrected chi connectivity index (χ1v) is 7.45. The molecule has 0 amide bonds. The zero-order chi connectivity index (χ0) is 14.1. The van der Waals surface area contributed by atoms with E-state index in [1.807, 2.05) is 30.3 Å². The number of aliphatic hydroxyl groups is 2. The molecule has 1 aromatic carbocycles. The lowest BCUT2D eigenvalue weighted by atomic mass is 10.2. The molecule has 20 heavy (non-hydrogen) atoms. The molecule has 2 aromatic heterocycles. The van der Waals surface area contributed by atoms with Gasteiger partial charge in [0.15, 0.2) is 0 Å². The van der Waals surface area contributed by atoms with Gasteiger partial charge in [0.2, 0.25) is 0 Å². The SMILES string of the molecule is CC(O)c1cc2cc(CO)n(Cc3ccccc3)c2s1. The van der Waals surface area contributed by atoms with Gasteiger partial charge in [0.25, 0.3) is 0 Å². The normalized spacial score (nSPS) is 12.9. The molecule has 0 aliphatic rings. The lowest BCUT2D eigenvalue weighted by molar-refractivity contribution is 0.203. The highest BCUT2D eigenvalue weighted by molar-refractivity contribution is 7.18. The molecule has 0 spiro atoms. The molecule has 0 aliphatic carbocycles. The van der Waals surface area contributed by atoms with E-state index in [4.69, 9.17) is 0 Å². The van der Waals surface area contributed by atoms with Gasteiger partial charge in [-0.25, -0.2) is 0 Å². The second-order valence-corrected chi connectivity index (χ2v) is 6.01. The highest BCUT2D eigenvalue weighted by Gasteiger charge is 2.14. The number of hydrogen-bond acceptors (Lipinski definition) is 3. The van der Waals surface area contributed by atoms with Crippen LogP contribution in [0.15, 0.2) is 42.5 Å². The van der Waals surface area contributed by atoms with Crippen LogP contribution < -0.4 is 0 Å². The van der Waals surface area contributed by atoms with Gasteiger partial charge in [-0.3, -0.25) is 0 Å². The van der Waals surface area contributed by atoms with Crippen LogP contribution in [0.1, 0.15) is 29.2 Å². The number of benzene rings is 1. The summed E-state index contributed by atoms with van der Waals surface area (Å²) in [5.41, 5.74) is 2.11. The maximum Gasteiger partial charge on any atom is 0.103 e. The third-order valence-corrected chi connectivity index (χ3v) is 4.77. The van der Waals surface area contributed by atoms with Crippen LogP contribution in [-0.4, -0.2) is 14.8 Å². The molecule has 3 rings (SSSR count). The van der Waals surface area contributed by atoms with Crippen molar-refractivity contribution in [1.82, 2.24) is 4.57 Å². The Balaban J connectivity index is 2.06. The van der Waals surface area contributed by atoms with Gasteiger partial charge in [-0.15, -0.1) is 11.3 Å². The number of hydrogen-bond donors (Lipinski definition) is 2. The molecule has 1 unspecified atom stereocenters. The molecule has 3 nitrogen and oxygen atoms in total. The van der Waals surface area contributed by atoms with E-state index in [-0.39, 0.29) is 6.61 Å². The van der Waals surface area contributed by atoms with Gasteiger partial charge in [0, 0.05) is 22.5 Å². The number of nitrogens with zero attached hydrogens (tertiary/aromatic N) is 1. The number of aromatic nitrogens is 1. The van der Waals surface area contributed by atoms with Crippen molar-refractivity contribution in [3.8, 4) is 0 Å². The Morgan fingerprint density at radius 3 is 2.60 bits per heavy atom. The Bertz CT molecular complexity index is 713. The van der Waals surface area contributed by atoms with Crippen LogP contribution in [0.3, 0.4) is 0 Å². The van der Waals surface area contributed by atoms with Crippen molar-refractivity contribution in [3.05, 3.63) is 58.6 Å². The molecular formula is C16H17NO2S. The second kappa shape index (κ2) is 5.40. The third kappa shape index (κ3) is 2.38. The lowest BCUT2D eigenvalue weighted by Crippen LogP contribution is -2.03. The average molecular weight is 287 g/mol. The smallest absolute Gasteiger partial charge is 0.103 e. The fraction of sp³-hybridized carbons (Fsp3) is 0.250. The minimum Gasteiger partial charge on any atom is -0.390 e. The number of thiophene rings is 1. The summed E-state index contributed by atoms with van der Waals surface area (Å²) in [5, 5.41) is 20.3. The van der Waals surface area contributed by atoms with E-state index in [0.717, 1.165) is 27.3 Å². The summed E-state index contributed by atoms with van der Waals surface area (Å²) in [4.78, 5) is 2.06. The Morgan fingerprint density at radius 1 is 1.20 bits per heavy atom. The maximum atomic E-state index is 9.70. The van der Waals surface area contributed by atoms with Gasteiger partial charge in [-0.1, -0.05) is 30.3 Å². The van der Waals surface area contributed by atoms with Gasteiger partial charge in [-0.05, 0) is 24.6 Å². The van der Waals surface area contributed by atoms with Gasteiger partial charge in [0.1, 0.15) is 4.83 Å². The molecular weight excluding hydrogens is 270 g/mol. The van der Waals surface area contributed by atoms with E-state index in [1.54, 1.807) is 18.3 Å². The Kier molecular flexibility index (Phi) is 3.61. The quantitative estimate of drug-likeness (QED) is 0.773. The zero-order valence-electron chi connectivity index (χ0n) is 11.3. The lowest BCUT2D eigenvalue weighted by Gasteiger charge is -2.08. The number of fused-ring (bicyclic) bond motifs is 1. The standard InChI is InChI=1S/C16H17NO2S/c1-11(19)15-8-13-7-14(10-18)17(16(13)20-15)9-12-5-3-2-4-6-12/h2-8,11,18-19H,9-10H2,1H3. The van der Waals surface area contributed by atoms with Crippen LogP contribution in [0.5, 0.6) is 0 Å². The van der Waals surface area contributed by atoms with Crippen molar-refractivity contribution in [2.24, 2.45) is 0 Å². The van der Waals surface area contributed by atoms with E-state index in [2.05, 4.69) is 16.7 Å². The van der Waals surface area contributed by atoms with Crippen molar-refractivity contribution < 1.29 is 10.2 Å². The molecule has 2 heterocycles. The summed E-state index contributed by atoms with van der Waals surface area (Å²) in [6, 6.07) is 14.2. The van der Waals surface area contributed by atoms with Crippen LogP contribution in [0.25, 0.3) is 10.2 Å². The first-order valence-electron chi connectivity index (χ1n) is 6.63. The zero-order valence-corrected chi connectivity index (χ0v) is 12.1. The summed E-state index contributed by atoms with van der Waals surface area (Å²) in [7, 11) is 0. The topological polar surface area (TPSA) is 45.4 Å². The summed E-state index contributed by atoms with van der Waals surface area (Å²) < 4.78 is 2.13. The first kappa shape index (κ1) is 13.4. The van der Waals surface area contributed by atoms with Gasteiger partial charge in [0.05, 0.1) is 12.7 Å². The minimum absolute atomic E-state index is 0.0260.